The zero-order valence-corrected chi connectivity index (χ0v) is 16.9. The maximum Gasteiger partial charge on any atom is 0.573 e. The van der Waals surface area contributed by atoms with E-state index < -0.39 is 6.36 Å². The molecule has 0 aliphatic rings. The van der Waals surface area contributed by atoms with Crippen LogP contribution in [0.3, 0.4) is 0 Å². The van der Waals surface area contributed by atoms with Crippen LogP contribution in [0.2, 0.25) is 0 Å². The molecule has 3 aromatic rings. The quantitative estimate of drug-likeness (QED) is 0.571. The molecule has 1 aromatic heterocycles. The molecule has 1 unspecified atom stereocenters. The molecule has 1 amide bonds. The van der Waals surface area contributed by atoms with Crippen LogP contribution in [0.1, 0.15) is 22.2 Å². The summed E-state index contributed by atoms with van der Waals surface area (Å²) in [5.41, 5.74) is 1.70. The van der Waals surface area contributed by atoms with Crippen molar-refractivity contribution in [2.24, 2.45) is 0 Å². The first-order valence-electron chi connectivity index (χ1n) is 9.07. The second-order valence-electron chi connectivity index (χ2n) is 6.65. The first-order chi connectivity index (χ1) is 14.3. The fourth-order valence-corrected chi connectivity index (χ4v) is 3.64. The van der Waals surface area contributed by atoms with Crippen molar-refractivity contribution in [1.82, 2.24) is 15.2 Å². The molecule has 0 radical (unpaired) electrons. The number of aromatic nitrogens is 1. The topological polar surface area (TPSA) is 54.5 Å². The van der Waals surface area contributed by atoms with Crippen LogP contribution in [0.4, 0.5) is 13.2 Å². The van der Waals surface area contributed by atoms with E-state index in [1.165, 1.54) is 35.6 Å². The van der Waals surface area contributed by atoms with Gasteiger partial charge in [0.15, 0.2) is 0 Å². The van der Waals surface area contributed by atoms with Crippen LogP contribution >= 0.6 is 11.3 Å². The third-order valence-corrected chi connectivity index (χ3v) is 5.00. The molecule has 2 aromatic carbocycles. The number of rotatable bonds is 8. The number of thiazole rings is 1. The van der Waals surface area contributed by atoms with Gasteiger partial charge in [0, 0.05) is 18.1 Å². The van der Waals surface area contributed by atoms with E-state index in [9.17, 15) is 18.0 Å². The number of alkyl halides is 3. The fraction of sp³-hybridized carbons (Fsp3) is 0.238. The van der Waals surface area contributed by atoms with Crippen molar-refractivity contribution >= 4 is 17.2 Å². The number of hydrogen-bond acceptors (Lipinski definition) is 5. The zero-order valence-electron chi connectivity index (χ0n) is 16.1. The molecule has 0 aliphatic carbocycles. The van der Waals surface area contributed by atoms with E-state index >= 15 is 0 Å². The summed E-state index contributed by atoms with van der Waals surface area (Å²) in [5.74, 6) is -0.459. The van der Waals surface area contributed by atoms with Gasteiger partial charge in [-0.25, -0.2) is 4.98 Å². The van der Waals surface area contributed by atoms with Crippen LogP contribution in [0.15, 0.2) is 66.2 Å². The second kappa shape index (κ2) is 9.73. The summed E-state index contributed by atoms with van der Waals surface area (Å²) < 4.78 is 40.6. The van der Waals surface area contributed by atoms with Crippen LogP contribution in [0.5, 0.6) is 5.75 Å². The molecule has 0 aliphatic heterocycles. The maximum absolute atomic E-state index is 12.6. The standard InChI is InChI=1S/C21H20F3N3O2S/c1-27(13-15-7-9-17(10-8-15)29-21(22,23)24)14-18(28)26-19(20-25-11-12-30-20)16-5-3-2-4-6-16/h2-12,19H,13-14H2,1H3,(H,26,28). The van der Waals surface area contributed by atoms with Crippen molar-refractivity contribution in [3.63, 3.8) is 0 Å². The van der Waals surface area contributed by atoms with Gasteiger partial charge in [0.1, 0.15) is 16.8 Å². The van der Waals surface area contributed by atoms with Crippen molar-refractivity contribution in [2.45, 2.75) is 18.9 Å². The van der Waals surface area contributed by atoms with Gasteiger partial charge in [-0.1, -0.05) is 42.5 Å². The number of nitrogens with zero attached hydrogens (tertiary/aromatic N) is 2. The highest BCUT2D eigenvalue weighted by molar-refractivity contribution is 7.09. The van der Waals surface area contributed by atoms with Crippen LogP contribution in [-0.2, 0) is 11.3 Å². The van der Waals surface area contributed by atoms with Gasteiger partial charge in [0.25, 0.3) is 0 Å². The molecule has 5 nitrogen and oxygen atoms in total. The molecule has 158 valence electrons. The van der Waals surface area contributed by atoms with E-state index in [0.717, 1.165) is 16.1 Å². The van der Waals surface area contributed by atoms with Crippen molar-refractivity contribution in [3.8, 4) is 5.75 Å². The summed E-state index contributed by atoms with van der Waals surface area (Å²) in [6, 6.07) is 14.8. The summed E-state index contributed by atoms with van der Waals surface area (Å²) >= 11 is 1.46. The molecule has 0 saturated carbocycles. The molecule has 30 heavy (non-hydrogen) atoms. The van der Waals surface area contributed by atoms with Gasteiger partial charge >= 0.3 is 6.36 Å². The van der Waals surface area contributed by atoms with Crippen molar-refractivity contribution in [2.75, 3.05) is 13.6 Å². The summed E-state index contributed by atoms with van der Waals surface area (Å²) in [6.07, 6.45) is -3.02. The van der Waals surface area contributed by atoms with Crippen molar-refractivity contribution in [1.29, 1.82) is 0 Å². The van der Waals surface area contributed by atoms with Crippen LogP contribution in [0.25, 0.3) is 0 Å². The Balaban J connectivity index is 1.58. The summed E-state index contributed by atoms with van der Waals surface area (Å²) in [4.78, 5) is 18.7. The largest absolute Gasteiger partial charge is 0.573 e. The number of amides is 1. The van der Waals surface area contributed by atoms with Gasteiger partial charge in [-0.05, 0) is 30.3 Å². The minimum atomic E-state index is -4.72. The number of ether oxygens (including phenoxy) is 1. The van der Waals surface area contributed by atoms with E-state index in [1.54, 1.807) is 18.1 Å². The highest BCUT2D eigenvalue weighted by Gasteiger charge is 2.31. The molecule has 0 fully saturated rings. The third kappa shape index (κ3) is 6.57. The fourth-order valence-electron chi connectivity index (χ4n) is 2.93. The number of hydrogen-bond donors (Lipinski definition) is 1. The first kappa shape index (κ1) is 21.8. The van der Waals surface area contributed by atoms with E-state index in [0.29, 0.717) is 6.54 Å². The average Bonchev–Trinajstić information content (AvgIpc) is 3.21. The Morgan fingerprint density at radius 2 is 1.87 bits per heavy atom. The van der Waals surface area contributed by atoms with Gasteiger partial charge in [0.2, 0.25) is 5.91 Å². The van der Waals surface area contributed by atoms with E-state index in [2.05, 4.69) is 15.0 Å². The van der Waals surface area contributed by atoms with E-state index in [1.807, 2.05) is 35.7 Å². The number of carbonyl (C=O) groups is 1. The molecule has 0 spiro atoms. The molecular formula is C21H20F3N3O2S. The summed E-state index contributed by atoms with van der Waals surface area (Å²) in [7, 11) is 1.76. The molecule has 1 atom stereocenters. The Labute approximate surface area is 176 Å². The molecule has 1 heterocycles. The number of halogens is 3. The highest BCUT2D eigenvalue weighted by Crippen LogP contribution is 2.24. The van der Waals surface area contributed by atoms with Crippen LogP contribution < -0.4 is 10.1 Å². The lowest BCUT2D eigenvalue weighted by Crippen LogP contribution is -2.37. The van der Waals surface area contributed by atoms with Gasteiger partial charge in [-0.3, -0.25) is 9.69 Å². The van der Waals surface area contributed by atoms with E-state index in [4.69, 9.17) is 0 Å². The Morgan fingerprint density at radius 3 is 2.47 bits per heavy atom. The summed E-state index contributed by atoms with van der Waals surface area (Å²) in [5, 5.41) is 5.66. The lowest BCUT2D eigenvalue weighted by Gasteiger charge is -2.21. The maximum atomic E-state index is 12.6. The Hall–Kier alpha value is -2.91. The first-order valence-corrected chi connectivity index (χ1v) is 9.95. The van der Waals surface area contributed by atoms with Gasteiger partial charge in [0.05, 0.1) is 6.54 Å². The number of benzene rings is 2. The highest BCUT2D eigenvalue weighted by atomic mass is 32.1. The van der Waals surface area contributed by atoms with Crippen molar-refractivity contribution in [3.05, 3.63) is 82.3 Å². The molecule has 9 heteroatoms. The summed E-state index contributed by atoms with van der Waals surface area (Å²) in [6.45, 7) is 0.516. The number of carbonyl (C=O) groups excluding carboxylic acids is 1. The predicted molar refractivity (Wildman–Crippen MR) is 108 cm³/mol. The SMILES string of the molecule is CN(CC(=O)NC(c1ccccc1)c1nccs1)Cc1ccc(OC(F)(F)F)cc1. The van der Waals surface area contributed by atoms with Gasteiger partial charge in [-0.2, -0.15) is 0 Å². The average molecular weight is 435 g/mol. The molecule has 3 rings (SSSR count). The third-order valence-electron chi connectivity index (χ3n) is 4.16. The minimum Gasteiger partial charge on any atom is -0.406 e. The lowest BCUT2D eigenvalue weighted by molar-refractivity contribution is -0.274. The van der Waals surface area contributed by atoms with Gasteiger partial charge in [-0.15, -0.1) is 24.5 Å². The number of likely N-dealkylation sites (N-methyl/N-ethyl adjacent to an activating group) is 1. The second-order valence-corrected chi connectivity index (χ2v) is 7.57. The lowest BCUT2D eigenvalue weighted by atomic mass is 10.1. The smallest absolute Gasteiger partial charge is 0.406 e. The van der Waals surface area contributed by atoms with E-state index in [-0.39, 0.29) is 24.2 Å². The van der Waals surface area contributed by atoms with Gasteiger partial charge < -0.3 is 10.1 Å². The zero-order chi connectivity index (χ0) is 21.6. The monoisotopic (exact) mass is 435 g/mol. The molecule has 0 bridgehead atoms. The predicted octanol–water partition coefficient (Wildman–Crippen LogP) is 4.38. The van der Waals surface area contributed by atoms with Crippen LogP contribution in [-0.4, -0.2) is 35.7 Å². The Morgan fingerprint density at radius 1 is 1.17 bits per heavy atom. The number of nitrogens with one attached hydrogen (secondary N) is 1. The molecular weight excluding hydrogens is 415 g/mol. The minimum absolute atomic E-state index is 0.121. The van der Waals surface area contributed by atoms with Crippen molar-refractivity contribution < 1.29 is 22.7 Å². The Kier molecular flexibility index (Phi) is 7.07. The Bertz CT molecular complexity index is 932. The molecule has 0 saturated heterocycles. The molecule has 1 N–H and O–H groups in total. The normalized spacial score (nSPS) is 12.6. The van der Waals surface area contributed by atoms with Crippen LogP contribution in [0, 0.1) is 0 Å².